The summed E-state index contributed by atoms with van der Waals surface area (Å²) in [7, 11) is 0. The summed E-state index contributed by atoms with van der Waals surface area (Å²) >= 11 is 1.72. The molecule has 0 saturated heterocycles. The molecule has 2 aromatic rings. The predicted octanol–water partition coefficient (Wildman–Crippen LogP) is 2.31. The number of nitrogens with one attached hydrogen (secondary N) is 1. The summed E-state index contributed by atoms with van der Waals surface area (Å²) in [6.07, 6.45) is 0.942. The SMILES string of the molecule is NC(=NO)c1cc(F)ccc1CNCCc1cccs1. The van der Waals surface area contributed by atoms with Gasteiger partial charge in [-0.15, -0.1) is 11.3 Å². The third-order valence-corrected chi connectivity index (χ3v) is 3.84. The van der Waals surface area contributed by atoms with Crippen LogP contribution in [-0.2, 0) is 13.0 Å². The fourth-order valence-corrected chi connectivity index (χ4v) is 2.59. The molecule has 6 heteroatoms. The van der Waals surface area contributed by atoms with Crippen molar-refractivity contribution in [3.63, 3.8) is 0 Å². The summed E-state index contributed by atoms with van der Waals surface area (Å²) in [6, 6.07) is 8.39. The van der Waals surface area contributed by atoms with E-state index < -0.39 is 5.82 Å². The van der Waals surface area contributed by atoms with Crippen LogP contribution in [0.15, 0.2) is 40.9 Å². The fraction of sp³-hybridized carbons (Fsp3) is 0.214. The van der Waals surface area contributed by atoms with Gasteiger partial charge in [0.05, 0.1) is 0 Å². The lowest BCUT2D eigenvalue weighted by Gasteiger charge is -2.09. The number of nitrogens with zero attached hydrogens (tertiary/aromatic N) is 1. The first-order valence-electron chi connectivity index (χ1n) is 6.20. The van der Waals surface area contributed by atoms with Crippen LogP contribution in [-0.4, -0.2) is 17.6 Å². The molecule has 4 N–H and O–H groups in total. The number of amidine groups is 1. The van der Waals surface area contributed by atoms with E-state index in [1.165, 1.54) is 17.0 Å². The van der Waals surface area contributed by atoms with Crippen molar-refractivity contribution in [3.8, 4) is 0 Å². The van der Waals surface area contributed by atoms with E-state index >= 15 is 0 Å². The highest BCUT2D eigenvalue weighted by atomic mass is 32.1. The minimum absolute atomic E-state index is 0.0837. The average Bonchev–Trinajstić information content (AvgIpc) is 2.97. The number of benzene rings is 1. The Morgan fingerprint density at radius 3 is 2.95 bits per heavy atom. The van der Waals surface area contributed by atoms with Crippen LogP contribution in [0, 0.1) is 5.82 Å². The minimum atomic E-state index is -0.408. The molecule has 0 bridgehead atoms. The second kappa shape index (κ2) is 7.02. The number of hydrogen-bond acceptors (Lipinski definition) is 4. The number of oxime groups is 1. The van der Waals surface area contributed by atoms with Crippen molar-refractivity contribution in [2.24, 2.45) is 10.9 Å². The van der Waals surface area contributed by atoms with Crippen molar-refractivity contribution in [3.05, 3.63) is 57.5 Å². The van der Waals surface area contributed by atoms with Crippen molar-refractivity contribution < 1.29 is 9.60 Å². The molecule has 106 valence electrons. The molecule has 0 amide bonds. The van der Waals surface area contributed by atoms with Crippen molar-refractivity contribution in [2.45, 2.75) is 13.0 Å². The first-order valence-corrected chi connectivity index (χ1v) is 7.08. The highest BCUT2D eigenvalue weighted by Gasteiger charge is 2.08. The Morgan fingerprint density at radius 1 is 1.40 bits per heavy atom. The Morgan fingerprint density at radius 2 is 2.25 bits per heavy atom. The van der Waals surface area contributed by atoms with E-state index in [0.717, 1.165) is 18.5 Å². The zero-order valence-corrected chi connectivity index (χ0v) is 11.7. The summed E-state index contributed by atoms with van der Waals surface area (Å²) in [6.45, 7) is 1.35. The molecule has 0 fully saturated rings. The van der Waals surface area contributed by atoms with Crippen LogP contribution in [0.3, 0.4) is 0 Å². The molecule has 2 rings (SSSR count). The molecule has 0 aliphatic rings. The lowest BCUT2D eigenvalue weighted by Crippen LogP contribution is -2.21. The maximum absolute atomic E-state index is 13.2. The molecule has 0 unspecified atom stereocenters. The van der Waals surface area contributed by atoms with Gasteiger partial charge < -0.3 is 16.3 Å². The van der Waals surface area contributed by atoms with Gasteiger partial charge in [0.2, 0.25) is 0 Å². The van der Waals surface area contributed by atoms with E-state index in [9.17, 15) is 4.39 Å². The number of hydrogen-bond donors (Lipinski definition) is 3. The standard InChI is InChI=1S/C14H16FN3OS/c15-11-4-3-10(13(8-11)14(16)18-19)9-17-6-5-12-2-1-7-20-12/h1-4,7-8,17,19H,5-6,9H2,(H2,16,18). The van der Waals surface area contributed by atoms with Gasteiger partial charge in [-0.05, 0) is 35.6 Å². The molecule has 1 aromatic carbocycles. The van der Waals surface area contributed by atoms with E-state index in [-0.39, 0.29) is 5.84 Å². The van der Waals surface area contributed by atoms with Crippen LogP contribution in [0.1, 0.15) is 16.0 Å². The molecular weight excluding hydrogens is 277 g/mol. The Kier molecular flexibility index (Phi) is 5.09. The summed E-state index contributed by atoms with van der Waals surface area (Å²) in [4.78, 5) is 1.31. The van der Waals surface area contributed by atoms with E-state index in [1.807, 2.05) is 11.4 Å². The van der Waals surface area contributed by atoms with E-state index in [2.05, 4.69) is 16.5 Å². The molecule has 0 spiro atoms. The number of nitrogens with two attached hydrogens (primary N) is 1. The first kappa shape index (κ1) is 14.5. The van der Waals surface area contributed by atoms with Crippen LogP contribution < -0.4 is 11.1 Å². The van der Waals surface area contributed by atoms with Gasteiger partial charge >= 0.3 is 0 Å². The third-order valence-electron chi connectivity index (χ3n) is 2.90. The molecule has 0 radical (unpaired) electrons. The smallest absolute Gasteiger partial charge is 0.170 e. The summed E-state index contributed by atoms with van der Waals surface area (Å²) in [5.41, 5.74) is 6.76. The third kappa shape index (κ3) is 3.79. The average molecular weight is 293 g/mol. The highest BCUT2D eigenvalue weighted by molar-refractivity contribution is 7.09. The first-order chi connectivity index (χ1) is 9.70. The molecule has 20 heavy (non-hydrogen) atoms. The zero-order chi connectivity index (χ0) is 14.4. The lowest BCUT2D eigenvalue weighted by molar-refractivity contribution is 0.318. The van der Waals surface area contributed by atoms with Crippen molar-refractivity contribution in [1.82, 2.24) is 5.32 Å². The summed E-state index contributed by atoms with van der Waals surface area (Å²) < 4.78 is 13.2. The fourth-order valence-electron chi connectivity index (χ4n) is 1.88. The number of halogens is 1. The van der Waals surface area contributed by atoms with Gasteiger partial charge in [0, 0.05) is 23.5 Å². The number of thiophene rings is 1. The van der Waals surface area contributed by atoms with Crippen molar-refractivity contribution in [2.75, 3.05) is 6.54 Å². The zero-order valence-electron chi connectivity index (χ0n) is 10.8. The van der Waals surface area contributed by atoms with E-state index in [1.54, 1.807) is 17.4 Å². The number of rotatable bonds is 6. The second-order valence-corrected chi connectivity index (χ2v) is 5.33. The molecule has 0 aliphatic heterocycles. The van der Waals surface area contributed by atoms with Gasteiger partial charge in [0.1, 0.15) is 5.82 Å². The van der Waals surface area contributed by atoms with Crippen molar-refractivity contribution in [1.29, 1.82) is 0 Å². The Hall–Kier alpha value is -1.92. The van der Waals surface area contributed by atoms with Crippen molar-refractivity contribution >= 4 is 17.2 Å². The largest absolute Gasteiger partial charge is 0.409 e. The quantitative estimate of drug-likeness (QED) is 0.252. The minimum Gasteiger partial charge on any atom is -0.409 e. The van der Waals surface area contributed by atoms with Gasteiger partial charge in [0.15, 0.2) is 5.84 Å². The maximum Gasteiger partial charge on any atom is 0.170 e. The molecule has 1 aromatic heterocycles. The topological polar surface area (TPSA) is 70.6 Å². The molecule has 1 heterocycles. The molecule has 0 atom stereocenters. The molecule has 4 nitrogen and oxygen atoms in total. The maximum atomic E-state index is 13.2. The van der Waals surface area contributed by atoms with Crippen LogP contribution in [0.4, 0.5) is 4.39 Å². The van der Waals surface area contributed by atoms with Crippen LogP contribution in [0.25, 0.3) is 0 Å². The molecule has 0 aliphatic carbocycles. The predicted molar refractivity (Wildman–Crippen MR) is 78.6 cm³/mol. The highest BCUT2D eigenvalue weighted by Crippen LogP contribution is 2.12. The van der Waals surface area contributed by atoms with Crippen LogP contribution in [0.2, 0.25) is 0 Å². The van der Waals surface area contributed by atoms with Gasteiger partial charge in [-0.3, -0.25) is 0 Å². The summed E-state index contributed by atoms with van der Waals surface area (Å²) in [5.74, 6) is -0.492. The Bertz CT molecular complexity index is 584. The monoisotopic (exact) mass is 293 g/mol. The second-order valence-electron chi connectivity index (χ2n) is 4.29. The van der Waals surface area contributed by atoms with Crippen LogP contribution in [0.5, 0.6) is 0 Å². The molecule has 0 saturated carbocycles. The summed E-state index contributed by atoms with van der Waals surface area (Å²) in [5, 5.41) is 17.0. The molecular formula is C14H16FN3OS. The lowest BCUT2D eigenvalue weighted by atomic mass is 10.1. The van der Waals surface area contributed by atoms with Crippen LogP contribution >= 0.6 is 11.3 Å². The Labute approximate surface area is 120 Å². The van der Waals surface area contributed by atoms with E-state index in [4.69, 9.17) is 10.9 Å². The van der Waals surface area contributed by atoms with Gasteiger partial charge in [-0.2, -0.15) is 0 Å². The Balaban J connectivity index is 1.95. The van der Waals surface area contributed by atoms with Gasteiger partial charge in [-0.25, -0.2) is 4.39 Å². The van der Waals surface area contributed by atoms with E-state index in [0.29, 0.717) is 12.1 Å². The normalized spacial score (nSPS) is 11.8. The van der Waals surface area contributed by atoms with Gasteiger partial charge in [0.25, 0.3) is 0 Å². The van der Waals surface area contributed by atoms with Gasteiger partial charge in [-0.1, -0.05) is 17.3 Å².